The molecular weight excluding hydrogens is 434 g/mol. The monoisotopic (exact) mass is 463 g/mol. The Morgan fingerprint density at radius 1 is 1.12 bits per heavy atom. The number of fused-ring (bicyclic) bond motifs is 1. The Bertz CT molecular complexity index is 1050. The lowest BCUT2D eigenvalue weighted by atomic mass is 10.0. The fraction of sp³-hybridized carbons (Fsp3) is 0.409. The van der Waals surface area contributed by atoms with E-state index in [1.165, 1.54) is 25.7 Å². The zero-order chi connectivity index (χ0) is 23.5. The zero-order valence-electron chi connectivity index (χ0n) is 18.5. The van der Waals surface area contributed by atoms with Crippen LogP contribution in [0.4, 0.5) is 5.69 Å². The highest BCUT2D eigenvalue weighted by Gasteiger charge is 2.33. The van der Waals surface area contributed by atoms with Crippen LogP contribution in [0.1, 0.15) is 26.3 Å². The van der Waals surface area contributed by atoms with Gasteiger partial charge in [-0.05, 0) is 44.9 Å². The molecule has 0 saturated heterocycles. The Morgan fingerprint density at radius 2 is 1.78 bits per heavy atom. The number of amides is 1. The summed E-state index contributed by atoms with van der Waals surface area (Å²) >= 11 is 0. The maximum atomic E-state index is 13.3. The lowest BCUT2D eigenvalue weighted by molar-refractivity contribution is -0.121. The van der Waals surface area contributed by atoms with E-state index < -0.39 is 27.2 Å². The molecule has 1 aliphatic heterocycles. The minimum absolute atomic E-state index is 0.120. The van der Waals surface area contributed by atoms with Gasteiger partial charge in [0.1, 0.15) is 0 Å². The maximum Gasteiger partial charge on any atom is 0.244 e. The summed E-state index contributed by atoms with van der Waals surface area (Å²) < 4.78 is 36.6. The SMILES string of the molecule is CN(C(=O)[C@H](Cc1ccccc1)NC(O)NS(=O)(=O)C(C)(C)C)c1ccc2c(c1)OCO2. The van der Waals surface area contributed by atoms with E-state index in [1.807, 2.05) is 30.3 Å². The number of ether oxygens (including phenoxy) is 2. The first kappa shape index (κ1) is 24.0. The number of rotatable bonds is 8. The predicted octanol–water partition coefficient (Wildman–Crippen LogP) is 1.57. The van der Waals surface area contributed by atoms with Crippen molar-refractivity contribution in [1.29, 1.82) is 0 Å². The second kappa shape index (κ2) is 9.45. The minimum atomic E-state index is -3.84. The minimum Gasteiger partial charge on any atom is -0.454 e. The quantitative estimate of drug-likeness (QED) is 0.509. The van der Waals surface area contributed by atoms with Gasteiger partial charge >= 0.3 is 0 Å². The number of benzene rings is 2. The van der Waals surface area contributed by atoms with Gasteiger partial charge in [0.25, 0.3) is 0 Å². The van der Waals surface area contributed by atoms with Gasteiger partial charge in [0.05, 0.1) is 10.8 Å². The molecule has 3 rings (SSSR count). The number of sulfonamides is 1. The number of hydrogen-bond donors (Lipinski definition) is 3. The van der Waals surface area contributed by atoms with Gasteiger partial charge < -0.3 is 19.5 Å². The molecule has 0 radical (unpaired) electrons. The number of carbonyl (C=O) groups is 1. The summed E-state index contributed by atoms with van der Waals surface area (Å²) in [6, 6.07) is 13.5. The van der Waals surface area contributed by atoms with E-state index in [-0.39, 0.29) is 19.1 Å². The van der Waals surface area contributed by atoms with Crippen LogP contribution in [0, 0.1) is 0 Å². The highest BCUT2D eigenvalue weighted by Crippen LogP contribution is 2.35. The molecule has 2 aromatic rings. The summed E-state index contributed by atoms with van der Waals surface area (Å²) in [6.07, 6.45) is -1.41. The third-order valence-electron chi connectivity index (χ3n) is 5.09. The number of aliphatic hydroxyl groups is 1. The Balaban J connectivity index is 1.81. The van der Waals surface area contributed by atoms with Crippen LogP contribution in [0.25, 0.3) is 0 Å². The average molecular weight is 464 g/mol. The van der Waals surface area contributed by atoms with Gasteiger partial charge in [-0.15, -0.1) is 0 Å². The van der Waals surface area contributed by atoms with Gasteiger partial charge in [-0.25, -0.2) is 8.42 Å². The third-order valence-corrected chi connectivity index (χ3v) is 7.23. The Labute approximate surface area is 188 Å². The Hall–Kier alpha value is -2.66. The first-order valence-electron chi connectivity index (χ1n) is 10.1. The molecule has 0 aliphatic carbocycles. The van der Waals surface area contributed by atoms with E-state index in [9.17, 15) is 18.3 Å². The van der Waals surface area contributed by atoms with Crippen molar-refractivity contribution >= 4 is 21.6 Å². The van der Waals surface area contributed by atoms with Crippen LogP contribution in [-0.4, -0.2) is 50.4 Å². The highest BCUT2D eigenvalue weighted by atomic mass is 32.2. The standard InChI is InChI=1S/C22H29N3O6S/c1-22(2,3)32(28,29)24-21(27)23-17(12-15-8-6-5-7-9-15)20(26)25(4)16-10-11-18-19(13-16)31-14-30-18/h5-11,13,17,21,23-24,27H,12,14H2,1-4H3/t17-,21?/m0/s1. The summed E-state index contributed by atoms with van der Waals surface area (Å²) in [5.41, 5.74) is 1.42. The van der Waals surface area contributed by atoms with E-state index in [1.54, 1.807) is 25.2 Å². The molecule has 1 amide bonds. The highest BCUT2D eigenvalue weighted by molar-refractivity contribution is 7.90. The first-order chi connectivity index (χ1) is 15.0. The second-order valence-electron chi connectivity index (χ2n) is 8.48. The maximum absolute atomic E-state index is 13.3. The Kier molecular flexibility index (Phi) is 7.09. The number of nitrogens with one attached hydrogen (secondary N) is 2. The molecule has 0 bridgehead atoms. The van der Waals surface area contributed by atoms with Crippen molar-refractivity contribution in [3.8, 4) is 11.5 Å². The molecule has 32 heavy (non-hydrogen) atoms. The van der Waals surface area contributed by atoms with E-state index in [0.29, 0.717) is 17.2 Å². The third kappa shape index (κ3) is 5.57. The number of nitrogens with zero attached hydrogens (tertiary/aromatic N) is 1. The normalized spacial score (nSPS) is 15.3. The van der Waals surface area contributed by atoms with Crippen molar-refractivity contribution in [2.24, 2.45) is 0 Å². The average Bonchev–Trinajstić information content (AvgIpc) is 3.19. The van der Waals surface area contributed by atoms with Gasteiger partial charge in [0, 0.05) is 18.8 Å². The van der Waals surface area contributed by atoms with Crippen molar-refractivity contribution in [2.75, 3.05) is 18.7 Å². The summed E-state index contributed by atoms with van der Waals surface area (Å²) in [4.78, 5) is 14.8. The fourth-order valence-corrected chi connectivity index (χ4v) is 3.79. The number of likely N-dealkylation sites (N-methyl/N-ethyl adjacent to an activating group) is 1. The lowest BCUT2D eigenvalue weighted by Gasteiger charge is -2.29. The molecule has 2 aromatic carbocycles. The summed E-state index contributed by atoms with van der Waals surface area (Å²) in [5, 5.41) is 13.1. The smallest absolute Gasteiger partial charge is 0.244 e. The molecule has 2 atom stereocenters. The summed E-state index contributed by atoms with van der Waals surface area (Å²) in [7, 11) is -2.24. The number of hydrogen-bond acceptors (Lipinski definition) is 7. The first-order valence-corrected chi connectivity index (χ1v) is 11.6. The predicted molar refractivity (Wildman–Crippen MR) is 121 cm³/mol. The molecule has 10 heteroatoms. The van der Waals surface area contributed by atoms with E-state index in [2.05, 4.69) is 10.0 Å². The molecular formula is C22H29N3O6S. The van der Waals surface area contributed by atoms with Gasteiger partial charge in [-0.3, -0.25) is 10.1 Å². The molecule has 0 saturated carbocycles. The molecule has 0 fully saturated rings. The zero-order valence-corrected chi connectivity index (χ0v) is 19.3. The number of carbonyl (C=O) groups excluding carboxylic acids is 1. The van der Waals surface area contributed by atoms with Gasteiger partial charge in [-0.1, -0.05) is 30.3 Å². The molecule has 0 aromatic heterocycles. The van der Waals surface area contributed by atoms with Crippen LogP contribution in [0.3, 0.4) is 0 Å². The summed E-state index contributed by atoms with van der Waals surface area (Å²) in [5.74, 6) is 0.773. The van der Waals surface area contributed by atoms with Crippen LogP contribution in [0.5, 0.6) is 11.5 Å². The van der Waals surface area contributed by atoms with Crippen LogP contribution >= 0.6 is 0 Å². The van der Waals surface area contributed by atoms with Gasteiger partial charge in [-0.2, -0.15) is 4.72 Å². The number of aliphatic hydroxyl groups excluding tert-OH is 1. The van der Waals surface area contributed by atoms with Crippen LogP contribution in [0.2, 0.25) is 0 Å². The molecule has 1 heterocycles. The van der Waals surface area contributed by atoms with Gasteiger partial charge in [0.15, 0.2) is 17.9 Å². The van der Waals surface area contributed by atoms with E-state index in [4.69, 9.17) is 9.47 Å². The van der Waals surface area contributed by atoms with Crippen LogP contribution in [-0.2, 0) is 21.2 Å². The van der Waals surface area contributed by atoms with Crippen molar-refractivity contribution in [3.63, 3.8) is 0 Å². The fourth-order valence-electron chi connectivity index (χ4n) is 3.07. The van der Waals surface area contributed by atoms with Crippen molar-refractivity contribution in [2.45, 2.75) is 44.3 Å². The van der Waals surface area contributed by atoms with Crippen LogP contribution in [0.15, 0.2) is 48.5 Å². The molecule has 1 unspecified atom stereocenters. The van der Waals surface area contributed by atoms with Crippen molar-refractivity contribution in [1.82, 2.24) is 10.0 Å². The molecule has 9 nitrogen and oxygen atoms in total. The topological polar surface area (TPSA) is 117 Å². The molecule has 3 N–H and O–H groups in total. The van der Waals surface area contributed by atoms with Gasteiger partial charge in [0.2, 0.25) is 22.7 Å². The summed E-state index contributed by atoms with van der Waals surface area (Å²) in [6.45, 7) is 4.67. The molecule has 0 spiro atoms. The second-order valence-corrected chi connectivity index (χ2v) is 10.9. The largest absolute Gasteiger partial charge is 0.454 e. The number of anilines is 1. The van der Waals surface area contributed by atoms with Crippen LogP contribution < -0.4 is 24.4 Å². The van der Waals surface area contributed by atoms with E-state index in [0.717, 1.165) is 5.56 Å². The molecule has 174 valence electrons. The lowest BCUT2D eigenvalue weighted by Crippen LogP contribution is -2.57. The Morgan fingerprint density at radius 3 is 2.44 bits per heavy atom. The van der Waals surface area contributed by atoms with Crippen molar-refractivity contribution < 1.29 is 27.8 Å². The molecule has 1 aliphatic rings. The van der Waals surface area contributed by atoms with Crippen molar-refractivity contribution in [3.05, 3.63) is 54.1 Å². The van der Waals surface area contributed by atoms with E-state index >= 15 is 0 Å².